The lowest BCUT2D eigenvalue weighted by Crippen LogP contribution is -2.38. The second-order valence-corrected chi connectivity index (χ2v) is 6.13. The van der Waals surface area contributed by atoms with E-state index in [1.807, 2.05) is 32.0 Å². The predicted molar refractivity (Wildman–Crippen MR) is 83.2 cm³/mol. The molecule has 2 rings (SSSR count). The fraction of sp³-hybridized carbons (Fsp3) is 0.529. The second-order valence-electron chi connectivity index (χ2n) is 6.13. The van der Waals surface area contributed by atoms with Crippen molar-refractivity contribution in [3.8, 4) is 0 Å². The molecule has 1 aliphatic heterocycles. The molecular weight excluding hydrogens is 264 g/mol. The Labute approximate surface area is 126 Å². The average molecular weight is 288 g/mol. The number of ketones is 1. The lowest BCUT2D eigenvalue weighted by molar-refractivity contribution is -0.119. The molecule has 0 radical (unpaired) electrons. The normalized spacial score (nSPS) is 16.9. The van der Waals surface area contributed by atoms with Gasteiger partial charge in [0.15, 0.2) is 5.78 Å². The van der Waals surface area contributed by atoms with Gasteiger partial charge in [0, 0.05) is 12.0 Å². The number of amides is 1. The van der Waals surface area contributed by atoms with E-state index in [4.69, 9.17) is 5.73 Å². The number of hydrogen-bond donors (Lipinski definition) is 1. The van der Waals surface area contributed by atoms with Gasteiger partial charge in [-0.2, -0.15) is 0 Å². The number of primary amides is 1. The van der Waals surface area contributed by atoms with Crippen LogP contribution in [-0.2, 0) is 4.79 Å². The van der Waals surface area contributed by atoms with Gasteiger partial charge in [0.25, 0.3) is 0 Å². The van der Waals surface area contributed by atoms with E-state index in [0.29, 0.717) is 18.9 Å². The summed E-state index contributed by atoms with van der Waals surface area (Å²) in [6.45, 7) is 6.22. The summed E-state index contributed by atoms with van der Waals surface area (Å²) in [4.78, 5) is 25.5. The summed E-state index contributed by atoms with van der Waals surface area (Å²) in [7, 11) is 0. The minimum Gasteiger partial charge on any atom is -0.370 e. The molecule has 0 atom stereocenters. The third kappa shape index (κ3) is 4.39. The van der Waals surface area contributed by atoms with Crippen molar-refractivity contribution >= 4 is 11.7 Å². The Bertz CT molecular complexity index is 532. The third-order valence-corrected chi connectivity index (χ3v) is 4.25. The van der Waals surface area contributed by atoms with Gasteiger partial charge in [-0.15, -0.1) is 0 Å². The van der Waals surface area contributed by atoms with Crippen molar-refractivity contribution in [2.75, 3.05) is 19.6 Å². The van der Waals surface area contributed by atoms with Crippen LogP contribution in [0.3, 0.4) is 0 Å². The van der Waals surface area contributed by atoms with Gasteiger partial charge >= 0.3 is 0 Å². The maximum Gasteiger partial charge on any atom is 0.217 e. The summed E-state index contributed by atoms with van der Waals surface area (Å²) in [5.74, 6) is 0.343. The number of piperidine rings is 1. The number of nitrogens with two attached hydrogens (primary N) is 1. The van der Waals surface area contributed by atoms with Crippen LogP contribution in [0.15, 0.2) is 18.2 Å². The summed E-state index contributed by atoms with van der Waals surface area (Å²) in [5, 5.41) is 0. The summed E-state index contributed by atoms with van der Waals surface area (Å²) >= 11 is 0. The highest BCUT2D eigenvalue weighted by molar-refractivity contribution is 5.99. The molecule has 0 spiro atoms. The number of carbonyl (C=O) groups excluding carboxylic acids is 2. The maximum absolute atomic E-state index is 12.4. The van der Waals surface area contributed by atoms with E-state index in [2.05, 4.69) is 4.90 Å². The number of rotatable bonds is 5. The lowest BCUT2D eigenvalue weighted by atomic mass is 9.93. The van der Waals surface area contributed by atoms with Gasteiger partial charge in [0.2, 0.25) is 5.91 Å². The van der Waals surface area contributed by atoms with Gasteiger partial charge in [-0.3, -0.25) is 14.5 Å². The van der Waals surface area contributed by atoms with E-state index in [0.717, 1.165) is 37.1 Å². The van der Waals surface area contributed by atoms with Crippen LogP contribution < -0.4 is 5.73 Å². The van der Waals surface area contributed by atoms with E-state index >= 15 is 0 Å². The summed E-state index contributed by atoms with van der Waals surface area (Å²) in [6.07, 6.45) is 2.37. The monoisotopic (exact) mass is 288 g/mol. The van der Waals surface area contributed by atoms with E-state index in [-0.39, 0.29) is 11.7 Å². The minimum atomic E-state index is -0.222. The first-order valence-electron chi connectivity index (χ1n) is 7.57. The smallest absolute Gasteiger partial charge is 0.217 e. The number of Topliss-reactive ketones (excluding diaryl/α,β-unsaturated/α-hetero) is 1. The molecule has 21 heavy (non-hydrogen) atoms. The molecule has 2 N–H and O–H groups in total. The molecule has 0 saturated carbocycles. The minimum absolute atomic E-state index is 0.181. The zero-order chi connectivity index (χ0) is 15.4. The van der Waals surface area contributed by atoms with Crippen LogP contribution in [0.1, 0.15) is 40.7 Å². The average Bonchev–Trinajstić information content (AvgIpc) is 2.40. The van der Waals surface area contributed by atoms with Crippen molar-refractivity contribution in [1.29, 1.82) is 0 Å². The van der Waals surface area contributed by atoms with E-state index in [1.165, 1.54) is 5.56 Å². The summed E-state index contributed by atoms with van der Waals surface area (Å²) in [5.41, 5.74) is 8.28. The van der Waals surface area contributed by atoms with Crippen LogP contribution >= 0.6 is 0 Å². The summed E-state index contributed by atoms with van der Waals surface area (Å²) < 4.78 is 0. The number of benzene rings is 1. The van der Waals surface area contributed by atoms with E-state index in [9.17, 15) is 9.59 Å². The molecule has 1 aromatic rings. The molecule has 1 fully saturated rings. The van der Waals surface area contributed by atoms with Crippen LogP contribution in [0.25, 0.3) is 0 Å². The molecule has 4 nitrogen and oxygen atoms in total. The molecule has 0 unspecified atom stereocenters. The molecule has 0 bridgehead atoms. The van der Waals surface area contributed by atoms with Gasteiger partial charge in [-0.25, -0.2) is 0 Å². The van der Waals surface area contributed by atoms with Gasteiger partial charge < -0.3 is 5.73 Å². The maximum atomic E-state index is 12.4. The predicted octanol–water partition coefficient (Wildman–Crippen LogP) is 2.07. The van der Waals surface area contributed by atoms with Crippen molar-refractivity contribution in [3.63, 3.8) is 0 Å². The van der Waals surface area contributed by atoms with Gasteiger partial charge in [0.05, 0.1) is 6.54 Å². The zero-order valence-corrected chi connectivity index (χ0v) is 12.9. The van der Waals surface area contributed by atoms with Crippen LogP contribution in [0, 0.1) is 19.8 Å². The lowest BCUT2D eigenvalue weighted by Gasteiger charge is -2.31. The Kier molecular flexibility index (Phi) is 5.12. The Morgan fingerprint density at radius 3 is 2.48 bits per heavy atom. The molecule has 0 aliphatic carbocycles. The molecule has 1 aromatic carbocycles. The molecule has 1 aliphatic rings. The number of hydrogen-bond acceptors (Lipinski definition) is 3. The fourth-order valence-corrected chi connectivity index (χ4v) is 3.05. The topological polar surface area (TPSA) is 63.4 Å². The third-order valence-electron chi connectivity index (χ3n) is 4.25. The molecule has 1 saturated heterocycles. The highest BCUT2D eigenvalue weighted by Gasteiger charge is 2.22. The Morgan fingerprint density at radius 1 is 1.24 bits per heavy atom. The Balaban J connectivity index is 1.88. The van der Waals surface area contributed by atoms with Crippen LogP contribution in [-0.4, -0.2) is 36.2 Å². The molecule has 4 heteroatoms. The zero-order valence-electron chi connectivity index (χ0n) is 12.9. The molecular formula is C17H24N2O2. The van der Waals surface area contributed by atoms with Crippen LogP contribution in [0.2, 0.25) is 0 Å². The highest BCUT2D eigenvalue weighted by atomic mass is 16.1. The number of likely N-dealkylation sites (tertiary alicyclic amines) is 1. The summed E-state index contributed by atoms with van der Waals surface area (Å²) in [6, 6.07) is 5.96. The number of carbonyl (C=O) groups is 2. The fourth-order valence-electron chi connectivity index (χ4n) is 3.05. The largest absolute Gasteiger partial charge is 0.370 e. The van der Waals surface area contributed by atoms with Gasteiger partial charge in [-0.05, 0) is 51.3 Å². The van der Waals surface area contributed by atoms with Crippen LogP contribution in [0.4, 0.5) is 0 Å². The van der Waals surface area contributed by atoms with Crippen molar-refractivity contribution in [3.05, 3.63) is 34.9 Å². The molecule has 114 valence electrons. The first-order chi connectivity index (χ1) is 9.95. The second kappa shape index (κ2) is 6.85. The first kappa shape index (κ1) is 15.7. The standard InChI is InChI=1S/C17H24N2O2/c1-12-3-4-15(13(2)9-12)16(20)11-19-7-5-14(6-8-19)10-17(18)21/h3-4,9,14H,5-8,10-11H2,1-2H3,(H2,18,21). The SMILES string of the molecule is Cc1ccc(C(=O)CN2CCC(CC(N)=O)CC2)c(C)c1. The van der Waals surface area contributed by atoms with E-state index < -0.39 is 0 Å². The highest BCUT2D eigenvalue weighted by Crippen LogP contribution is 2.20. The Morgan fingerprint density at radius 2 is 1.90 bits per heavy atom. The number of aryl methyl sites for hydroxylation is 2. The molecule has 1 amide bonds. The molecule has 0 aromatic heterocycles. The molecule has 1 heterocycles. The quantitative estimate of drug-likeness (QED) is 0.844. The van der Waals surface area contributed by atoms with Crippen molar-refractivity contribution in [1.82, 2.24) is 4.90 Å². The van der Waals surface area contributed by atoms with E-state index in [1.54, 1.807) is 0 Å². The Hall–Kier alpha value is -1.68. The van der Waals surface area contributed by atoms with Gasteiger partial charge in [-0.1, -0.05) is 23.8 Å². The van der Waals surface area contributed by atoms with Crippen molar-refractivity contribution in [2.45, 2.75) is 33.1 Å². The van der Waals surface area contributed by atoms with Crippen LogP contribution in [0.5, 0.6) is 0 Å². The number of nitrogens with zero attached hydrogens (tertiary/aromatic N) is 1. The first-order valence-corrected chi connectivity index (χ1v) is 7.57. The van der Waals surface area contributed by atoms with Crippen molar-refractivity contribution < 1.29 is 9.59 Å². The van der Waals surface area contributed by atoms with Gasteiger partial charge in [0.1, 0.15) is 0 Å². The van der Waals surface area contributed by atoms with Crippen molar-refractivity contribution in [2.24, 2.45) is 11.7 Å².